The SMILES string of the molecule is CCOC(=O)c1cc(NC(=O)C(CC)N(c2ccccc2)S(C)(=O)=O)ccc1Cl. The van der Waals surface area contributed by atoms with Crippen molar-refractivity contribution in [3.05, 3.63) is 59.1 Å². The van der Waals surface area contributed by atoms with Gasteiger partial charge < -0.3 is 10.1 Å². The first kappa shape index (κ1) is 22.7. The van der Waals surface area contributed by atoms with Crippen LogP contribution < -0.4 is 9.62 Å². The topological polar surface area (TPSA) is 92.8 Å². The van der Waals surface area contributed by atoms with E-state index in [1.807, 2.05) is 0 Å². The van der Waals surface area contributed by atoms with Crippen molar-refractivity contribution in [2.24, 2.45) is 0 Å². The molecule has 0 radical (unpaired) electrons. The zero-order valence-electron chi connectivity index (χ0n) is 16.4. The first-order valence-electron chi connectivity index (χ1n) is 9.01. The van der Waals surface area contributed by atoms with Gasteiger partial charge in [0.15, 0.2) is 0 Å². The first-order chi connectivity index (χ1) is 13.7. The van der Waals surface area contributed by atoms with Crippen LogP contribution in [0.1, 0.15) is 30.6 Å². The van der Waals surface area contributed by atoms with Gasteiger partial charge in [-0.15, -0.1) is 0 Å². The number of carbonyl (C=O) groups is 2. The van der Waals surface area contributed by atoms with Crippen LogP contribution >= 0.6 is 11.6 Å². The number of benzene rings is 2. The molecule has 0 aliphatic carbocycles. The Morgan fingerprint density at radius 3 is 2.34 bits per heavy atom. The summed E-state index contributed by atoms with van der Waals surface area (Å²) in [5.74, 6) is -1.14. The number of hydrogen-bond acceptors (Lipinski definition) is 5. The molecule has 29 heavy (non-hydrogen) atoms. The number of nitrogens with one attached hydrogen (secondary N) is 1. The van der Waals surface area contributed by atoms with Crippen LogP contribution in [0.2, 0.25) is 5.02 Å². The lowest BCUT2D eigenvalue weighted by atomic mass is 10.1. The molecule has 0 fully saturated rings. The van der Waals surface area contributed by atoms with Crippen molar-refractivity contribution in [2.75, 3.05) is 22.5 Å². The molecule has 0 saturated heterocycles. The Hall–Kier alpha value is -2.58. The highest BCUT2D eigenvalue weighted by atomic mass is 35.5. The van der Waals surface area contributed by atoms with Gasteiger partial charge in [-0.1, -0.05) is 36.7 Å². The average molecular weight is 439 g/mol. The van der Waals surface area contributed by atoms with Gasteiger partial charge in [0, 0.05) is 5.69 Å². The lowest BCUT2D eigenvalue weighted by molar-refractivity contribution is -0.117. The number of nitrogens with zero attached hydrogens (tertiary/aromatic N) is 1. The van der Waals surface area contributed by atoms with Crippen LogP contribution in [0.25, 0.3) is 0 Å². The molecule has 0 aliphatic heterocycles. The normalized spacial score (nSPS) is 12.1. The van der Waals surface area contributed by atoms with Crippen LogP contribution in [0.3, 0.4) is 0 Å². The van der Waals surface area contributed by atoms with Crippen molar-refractivity contribution in [3.8, 4) is 0 Å². The number of halogens is 1. The van der Waals surface area contributed by atoms with Gasteiger partial charge in [0.05, 0.1) is 29.1 Å². The van der Waals surface area contributed by atoms with Gasteiger partial charge in [0.2, 0.25) is 15.9 Å². The van der Waals surface area contributed by atoms with E-state index in [1.165, 1.54) is 18.2 Å². The monoisotopic (exact) mass is 438 g/mol. The van der Waals surface area contributed by atoms with Crippen molar-refractivity contribution in [3.63, 3.8) is 0 Å². The summed E-state index contributed by atoms with van der Waals surface area (Å²) in [6.07, 6.45) is 1.29. The Morgan fingerprint density at radius 2 is 1.79 bits per heavy atom. The maximum Gasteiger partial charge on any atom is 0.339 e. The van der Waals surface area contributed by atoms with Crippen molar-refractivity contribution in [1.82, 2.24) is 0 Å². The lowest BCUT2D eigenvalue weighted by Crippen LogP contribution is -2.47. The highest BCUT2D eigenvalue weighted by Crippen LogP contribution is 2.25. The van der Waals surface area contributed by atoms with E-state index in [1.54, 1.807) is 44.2 Å². The second-order valence-electron chi connectivity index (χ2n) is 6.22. The third-order valence-corrected chi connectivity index (χ3v) is 5.58. The summed E-state index contributed by atoms with van der Waals surface area (Å²) in [6, 6.07) is 11.8. The Bertz CT molecular complexity index is 980. The number of carbonyl (C=O) groups excluding carboxylic acids is 2. The van der Waals surface area contributed by atoms with Crippen LogP contribution in [0.4, 0.5) is 11.4 Å². The van der Waals surface area contributed by atoms with Gasteiger partial charge >= 0.3 is 5.97 Å². The predicted octanol–water partition coefficient (Wildman–Crippen LogP) is 3.70. The van der Waals surface area contributed by atoms with E-state index >= 15 is 0 Å². The fourth-order valence-corrected chi connectivity index (χ4v) is 4.24. The second kappa shape index (κ2) is 9.76. The van der Waals surface area contributed by atoms with Crippen LogP contribution in [-0.4, -0.2) is 39.2 Å². The predicted molar refractivity (Wildman–Crippen MR) is 114 cm³/mol. The lowest BCUT2D eigenvalue weighted by Gasteiger charge is -2.30. The molecular formula is C20H23ClN2O5S. The molecule has 0 spiro atoms. The van der Waals surface area contributed by atoms with Crippen molar-refractivity contribution < 1.29 is 22.7 Å². The third-order valence-electron chi connectivity index (χ3n) is 4.07. The molecule has 0 saturated carbocycles. The van der Waals surface area contributed by atoms with Gasteiger partial charge in [0.25, 0.3) is 0 Å². The van der Waals surface area contributed by atoms with Crippen LogP contribution in [0.15, 0.2) is 48.5 Å². The molecule has 1 amide bonds. The molecule has 1 N–H and O–H groups in total. The molecule has 1 unspecified atom stereocenters. The molecule has 0 aliphatic rings. The third kappa shape index (κ3) is 5.71. The molecule has 2 rings (SSSR count). The summed E-state index contributed by atoms with van der Waals surface area (Å²) in [4.78, 5) is 24.9. The standard InChI is InChI=1S/C20H23ClN2O5S/c1-4-18(23(29(3,26)27)15-9-7-6-8-10-15)19(24)22-14-11-12-17(21)16(13-14)20(25)28-5-2/h6-13,18H,4-5H2,1-3H3,(H,22,24). The van der Waals surface area contributed by atoms with E-state index in [0.29, 0.717) is 11.4 Å². The summed E-state index contributed by atoms with van der Waals surface area (Å²) in [6.45, 7) is 3.58. The Kier molecular flexibility index (Phi) is 7.64. The Balaban J connectivity index is 2.34. The number of para-hydroxylation sites is 1. The molecule has 0 heterocycles. The summed E-state index contributed by atoms with van der Waals surface area (Å²) in [5, 5.41) is 2.86. The summed E-state index contributed by atoms with van der Waals surface area (Å²) in [5.41, 5.74) is 0.810. The van der Waals surface area contributed by atoms with E-state index in [-0.39, 0.29) is 23.6 Å². The molecule has 2 aromatic rings. The van der Waals surface area contributed by atoms with Gasteiger partial charge in [-0.05, 0) is 43.7 Å². The minimum atomic E-state index is -3.72. The van der Waals surface area contributed by atoms with E-state index in [2.05, 4.69) is 5.32 Å². The molecule has 9 heteroatoms. The van der Waals surface area contributed by atoms with Gasteiger partial charge in [-0.3, -0.25) is 9.10 Å². The molecule has 1 atom stereocenters. The quantitative estimate of drug-likeness (QED) is 0.634. The molecule has 0 aromatic heterocycles. The van der Waals surface area contributed by atoms with Crippen LogP contribution in [0.5, 0.6) is 0 Å². The number of sulfonamides is 1. The highest BCUT2D eigenvalue weighted by Gasteiger charge is 2.31. The first-order valence-corrected chi connectivity index (χ1v) is 11.2. The van der Waals surface area contributed by atoms with E-state index in [4.69, 9.17) is 16.3 Å². The van der Waals surface area contributed by atoms with Crippen molar-refractivity contribution in [1.29, 1.82) is 0 Å². The van der Waals surface area contributed by atoms with E-state index < -0.39 is 27.9 Å². The number of anilines is 2. The molecular weight excluding hydrogens is 416 g/mol. The highest BCUT2D eigenvalue weighted by molar-refractivity contribution is 7.92. The Labute approximate surface area is 175 Å². The van der Waals surface area contributed by atoms with E-state index in [0.717, 1.165) is 10.6 Å². The largest absolute Gasteiger partial charge is 0.462 e. The smallest absolute Gasteiger partial charge is 0.339 e. The van der Waals surface area contributed by atoms with Gasteiger partial charge in [-0.25, -0.2) is 13.2 Å². The fraction of sp³-hybridized carbons (Fsp3) is 0.300. The number of esters is 1. The minimum absolute atomic E-state index is 0.113. The zero-order valence-corrected chi connectivity index (χ0v) is 18.0. The summed E-state index contributed by atoms with van der Waals surface area (Å²) < 4.78 is 30.9. The van der Waals surface area contributed by atoms with Crippen LogP contribution in [-0.2, 0) is 19.6 Å². The van der Waals surface area contributed by atoms with Crippen molar-refractivity contribution >= 4 is 44.9 Å². The second-order valence-corrected chi connectivity index (χ2v) is 8.49. The fourth-order valence-electron chi connectivity index (χ4n) is 2.83. The van der Waals surface area contributed by atoms with Crippen LogP contribution in [0, 0.1) is 0 Å². The molecule has 156 valence electrons. The Morgan fingerprint density at radius 1 is 1.14 bits per heavy atom. The number of amides is 1. The number of rotatable bonds is 8. The molecule has 2 aromatic carbocycles. The average Bonchev–Trinajstić information content (AvgIpc) is 2.67. The maximum absolute atomic E-state index is 12.9. The molecule has 7 nitrogen and oxygen atoms in total. The maximum atomic E-state index is 12.9. The number of hydrogen-bond donors (Lipinski definition) is 1. The number of ether oxygens (including phenoxy) is 1. The van der Waals surface area contributed by atoms with Crippen molar-refractivity contribution in [2.45, 2.75) is 26.3 Å². The molecule has 0 bridgehead atoms. The summed E-state index contributed by atoms with van der Waals surface area (Å²) in [7, 11) is -3.72. The zero-order chi connectivity index (χ0) is 21.6. The summed E-state index contributed by atoms with van der Waals surface area (Å²) >= 11 is 6.04. The van der Waals surface area contributed by atoms with E-state index in [9.17, 15) is 18.0 Å². The minimum Gasteiger partial charge on any atom is -0.462 e. The van der Waals surface area contributed by atoms with Gasteiger partial charge in [-0.2, -0.15) is 0 Å². The van der Waals surface area contributed by atoms with Gasteiger partial charge in [0.1, 0.15) is 6.04 Å².